The molecule has 0 saturated heterocycles. The average Bonchev–Trinajstić information content (AvgIpc) is 2.63. The van der Waals surface area contributed by atoms with Crippen molar-refractivity contribution in [3.63, 3.8) is 0 Å². The van der Waals surface area contributed by atoms with Gasteiger partial charge in [0, 0.05) is 18.8 Å². The highest BCUT2D eigenvalue weighted by Gasteiger charge is 2.12. The number of sulfonamides is 1. The highest BCUT2D eigenvalue weighted by Crippen LogP contribution is 2.15. The van der Waals surface area contributed by atoms with E-state index in [1.165, 1.54) is 12.1 Å². The minimum atomic E-state index is -3.64. The molecule has 0 unspecified atom stereocenters. The van der Waals surface area contributed by atoms with Crippen LogP contribution in [0.5, 0.6) is 0 Å². The maximum absolute atomic E-state index is 12.0. The molecule has 1 aromatic carbocycles. The molecule has 144 valence electrons. The summed E-state index contributed by atoms with van der Waals surface area (Å²) in [4.78, 5) is 4.48. The first kappa shape index (κ1) is 22.3. The fourth-order valence-corrected chi connectivity index (χ4v) is 3.08. The second-order valence-corrected chi connectivity index (χ2v) is 7.64. The minimum Gasteiger partial charge on any atom is -0.395 e. The summed E-state index contributed by atoms with van der Waals surface area (Å²) in [6.45, 7) is 5.40. The van der Waals surface area contributed by atoms with Crippen molar-refractivity contribution in [2.45, 2.75) is 11.8 Å². The minimum absolute atomic E-state index is 0.0385. The summed E-state index contributed by atoms with van der Waals surface area (Å²) >= 11 is 3.33. The summed E-state index contributed by atoms with van der Waals surface area (Å²) in [5.74, 6) is 1.06. The second-order valence-electron chi connectivity index (χ2n) is 5.02. The number of nitrogens with one attached hydrogen (secondary N) is 3. The Kier molecular flexibility index (Phi) is 9.52. The summed E-state index contributed by atoms with van der Waals surface area (Å²) in [5.41, 5.74) is 0.656. The Morgan fingerprint density at radius 2 is 1.85 bits per heavy atom. The first-order chi connectivity index (χ1) is 12.3. The van der Waals surface area contributed by atoms with Gasteiger partial charge < -0.3 is 20.8 Å². The normalized spacial score (nSPS) is 13.2. The van der Waals surface area contributed by atoms with Crippen LogP contribution in [-0.4, -0.2) is 50.8 Å². The first-order valence-corrected chi connectivity index (χ1v) is 10.0. The topological polar surface area (TPSA) is 123 Å². The van der Waals surface area contributed by atoms with E-state index in [9.17, 15) is 8.42 Å². The van der Waals surface area contributed by atoms with Gasteiger partial charge in [-0.15, -0.1) is 0 Å². The number of amidine groups is 1. The fraction of sp³-hybridized carbons (Fsp3) is 0.312. The van der Waals surface area contributed by atoms with Crippen molar-refractivity contribution in [3.8, 4) is 0 Å². The Balaban J connectivity index is 2.89. The molecule has 0 radical (unpaired) electrons. The van der Waals surface area contributed by atoms with Gasteiger partial charge in [0.05, 0.1) is 22.6 Å². The van der Waals surface area contributed by atoms with Gasteiger partial charge in [-0.3, -0.25) is 0 Å². The summed E-state index contributed by atoms with van der Waals surface area (Å²) < 4.78 is 26.8. The Hall–Kier alpha value is -1.72. The molecule has 0 atom stereocenters. The lowest BCUT2D eigenvalue weighted by atomic mass is 10.3. The van der Waals surface area contributed by atoms with Gasteiger partial charge in [0.25, 0.3) is 0 Å². The van der Waals surface area contributed by atoms with Crippen molar-refractivity contribution < 1.29 is 18.6 Å². The number of aliphatic imine (C=N–C) groups is 1. The predicted molar refractivity (Wildman–Crippen MR) is 107 cm³/mol. The van der Waals surface area contributed by atoms with Crippen LogP contribution in [0.25, 0.3) is 0 Å². The smallest absolute Gasteiger partial charge is 0.240 e. The van der Waals surface area contributed by atoms with Crippen LogP contribution in [0.15, 0.2) is 57.1 Å². The summed E-state index contributed by atoms with van der Waals surface area (Å²) in [7, 11) is -3.64. The Labute approximate surface area is 161 Å². The Bertz CT molecular complexity index is 761. The molecule has 10 heteroatoms. The van der Waals surface area contributed by atoms with E-state index < -0.39 is 10.0 Å². The van der Waals surface area contributed by atoms with Crippen LogP contribution >= 0.6 is 15.9 Å². The Morgan fingerprint density at radius 3 is 2.38 bits per heavy atom. The van der Waals surface area contributed by atoms with Crippen molar-refractivity contribution in [1.29, 1.82) is 0 Å². The third kappa shape index (κ3) is 7.26. The van der Waals surface area contributed by atoms with Gasteiger partial charge in [-0.2, -0.15) is 0 Å². The zero-order valence-corrected chi connectivity index (χ0v) is 16.8. The van der Waals surface area contributed by atoms with E-state index in [1.54, 1.807) is 25.1 Å². The van der Waals surface area contributed by atoms with E-state index in [2.05, 4.69) is 42.9 Å². The molecule has 0 amide bonds. The highest BCUT2D eigenvalue weighted by atomic mass is 79.9. The van der Waals surface area contributed by atoms with Gasteiger partial charge in [0.1, 0.15) is 11.7 Å². The number of allylic oxidation sites excluding steroid dienone is 2. The molecule has 1 rings (SSSR count). The van der Waals surface area contributed by atoms with Gasteiger partial charge in [0.15, 0.2) is 0 Å². The number of rotatable bonds is 10. The van der Waals surface area contributed by atoms with Crippen LogP contribution in [-0.2, 0) is 10.0 Å². The van der Waals surface area contributed by atoms with E-state index in [-0.39, 0.29) is 24.7 Å². The largest absolute Gasteiger partial charge is 0.395 e. The van der Waals surface area contributed by atoms with E-state index in [0.717, 1.165) is 0 Å². The number of benzene rings is 1. The van der Waals surface area contributed by atoms with Crippen LogP contribution in [0.4, 0.5) is 5.69 Å². The fourth-order valence-electron chi connectivity index (χ4n) is 1.83. The molecule has 5 N–H and O–H groups in total. The van der Waals surface area contributed by atoms with Crippen LogP contribution < -0.4 is 15.4 Å². The van der Waals surface area contributed by atoms with Crippen molar-refractivity contribution >= 4 is 37.5 Å². The quantitative estimate of drug-likeness (QED) is 0.208. The van der Waals surface area contributed by atoms with Gasteiger partial charge in [0.2, 0.25) is 10.0 Å². The van der Waals surface area contributed by atoms with Crippen LogP contribution in [0, 0.1) is 0 Å². The number of hydrogen-bond acceptors (Lipinski definition) is 6. The SMILES string of the molecule is C=C/C(Br)=C(\N=C(/C)Nc1ccc(S(=O)(=O)NCCO)cc1)NCCO. The molecule has 0 fully saturated rings. The van der Waals surface area contributed by atoms with Crippen LogP contribution in [0.1, 0.15) is 6.92 Å². The summed E-state index contributed by atoms with van der Waals surface area (Å²) in [6, 6.07) is 6.13. The first-order valence-electron chi connectivity index (χ1n) is 7.74. The van der Waals surface area contributed by atoms with E-state index in [4.69, 9.17) is 10.2 Å². The molecule has 0 bridgehead atoms. The predicted octanol–water partition coefficient (Wildman–Crippen LogP) is 1.12. The number of aliphatic hydroxyl groups is 2. The maximum atomic E-state index is 12.0. The molecular formula is C16H23BrN4O4S. The zero-order chi connectivity index (χ0) is 19.6. The number of nitrogens with zero attached hydrogens (tertiary/aromatic N) is 1. The maximum Gasteiger partial charge on any atom is 0.240 e. The van der Waals surface area contributed by atoms with Gasteiger partial charge in [-0.05, 0) is 47.1 Å². The molecule has 8 nitrogen and oxygen atoms in total. The molecule has 0 aliphatic rings. The third-order valence-electron chi connectivity index (χ3n) is 2.98. The summed E-state index contributed by atoms with van der Waals surface area (Å²) in [6.07, 6.45) is 1.58. The average molecular weight is 447 g/mol. The molecule has 0 aliphatic heterocycles. The van der Waals surface area contributed by atoms with Crippen molar-refractivity contribution in [1.82, 2.24) is 10.0 Å². The Morgan fingerprint density at radius 1 is 1.23 bits per heavy atom. The number of aliphatic hydroxyl groups excluding tert-OH is 2. The zero-order valence-electron chi connectivity index (χ0n) is 14.4. The molecule has 26 heavy (non-hydrogen) atoms. The lowest BCUT2D eigenvalue weighted by molar-refractivity contribution is 0.297. The van der Waals surface area contributed by atoms with E-state index in [1.807, 2.05) is 0 Å². The molecule has 0 heterocycles. The lowest BCUT2D eigenvalue weighted by Gasteiger charge is -2.11. The van der Waals surface area contributed by atoms with Gasteiger partial charge >= 0.3 is 0 Å². The van der Waals surface area contributed by atoms with E-state index in [0.29, 0.717) is 28.4 Å². The highest BCUT2D eigenvalue weighted by molar-refractivity contribution is 9.11. The number of anilines is 1. The van der Waals surface area contributed by atoms with E-state index >= 15 is 0 Å². The molecule has 0 aromatic heterocycles. The standard InChI is InChI=1S/C16H23BrN4O4S/c1-3-15(17)16(18-8-10-22)21-12(2)20-13-4-6-14(7-5-13)26(24,25)19-9-11-23/h3-7,18-19,22-23H,1,8-11H2,2H3,(H,20,21)/b16-15+. The van der Waals surface area contributed by atoms with Crippen LogP contribution in [0.3, 0.4) is 0 Å². The molecule has 0 saturated carbocycles. The van der Waals surface area contributed by atoms with Crippen LogP contribution in [0.2, 0.25) is 0 Å². The number of halogens is 1. The summed E-state index contributed by atoms with van der Waals surface area (Å²) in [5, 5.41) is 23.7. The molecule has 1 aromatic rings. The monoisotopic (exact) mass is 446 g/mol. The molecular weight excluding hydrogens is 424 g/mol. The second kappa shape index (κ2) is 11.1. The molecule has 0 spiro atoms. The van der Waals surface area contributed by atoms with Crippen molar-refractivity contribution in [2.75, 3.05) is 31.6 Å². The van der Waals surface area contributed by atoms with Gasteiger partial charge in [-0.1, -0.05) is 12.7 Å². The van der Waals surface area contributed by atoms with Gasteiger partial charge in [-0.25, -0.2) is 18.1 Å². The lowest BCUT2D eigenvalue weighted by Crippen LogP contribution is -2.26. The third-order valence-corrected chi connectivity index (χ3v) is 5.16. The number of hydrogen-bond donors (Lipinski definition) is 5. The van der Waals surface area contributed by atoms with Crippen molar-refractivity contribution in [2.24, 2.45) is 4.99 Å². The molecule has 0 aliphatic carbocycles. The van der Waals surface area contributed by atoms with Crippen molar-refractivity contribution in [3.05, 3.63) is 47.2 Å².